The van der Waals surface area contributed by atoms with E-state index in [4.69, 9.17) is 9.47 Å². The van der Waals surface area contributed by atoms with Crippen LogP contribution in [0, 0.1) is 6.92 Å². The van der Waals surface area contributed by atoms with E-state index in [1.807, 2.05) is 49.4 Å². The number of para-hydroxylation sites is 1. The molecule has 0 unspecified atom stereocenters. The molecule has 1 aromatic heterocycles. The summed E-state index contributed by atoms with van der Waals surface area (Å²) in [5.41, 5.74) is 4.46. The van der Waals surface area contributed by atoms with Crippen LogP contribution in [0.15, 0.2) is 60.3 Å². The van der Waals surface area contributed by atoms with Crippen LogP contribution in [0.25, 0.3) is 11.3 Å². The predicted molar refractivity (Wildman–Crippen MR) is 111 cm³/mol. The molecule has 6 nitrogen and oxygen atoms in total. The first-order valence-corrected chi connectivity index (χ1v) is 9.83. The SMILES string of the molecule is C=CCSc1nnc2c(n1)O[C@@H](c1ccc(OC)c(C)c1)Nc1ccccc1-2. The van der Waals surface area contributed by atoms with E-state index < -0.39 is 6.23 Å². The van der Waals surface area contributed by atoms with Crippen LogP contribution in [-0.2, 0) is 0 Å². The van der Waals surface area contributed by atoms with Crippen molar-refractivity contribution in [3.8, 4) is 22.9 Å². The lowest BCUT2D eigenvalue weighted by Gasteiger charge is -2.20. The van der Waals surface area contributed by atoms with Crippen LogP contribution in [0.1, 0.15) is 17.4 Å². The summed E-state index contributed by atoms with van der Waals surface area (Å²) in [5.74, 6) is 2.00. The number of fused-ring (bicyclic) bond motifs is 3. The van der Waals surface area contributed by atoms with Gasteiger partial charge in [-0.3, -0.25) is 0 Å². The number of aromatic nitrogens is 3. The number of aryl methyl sites for hydroxylation is 1. The normalized spacial score (nSPS) is 14.7. The number of nitrogens with zero attached hydrogens (tertiary/aromatic N) is 3. The van der Waals surface area contributed by atoms with Crippen molar-refractivity contribution < 1.29 is 9.47 Å². The Morgan fingerprint density at radius 3 is 2.89 bits per heavy atom. The molecule has 2 aromatic carbocycles. The van der Waals surface area contributed by atoms with Gasteiger partial charge in [-0.2, -0.15) is 4.98 Å². The molecule has 0 saturated heterocycles. The van der Waals surface area contributed by atoms with Gasteiger partial charge in [0, 0.05) is 22.6 Å². The Morgan fingerprint density at radius 2 is 2.11 bits per heavy atom. The third-order valence-electron chi connectivity index (χ3n) is 4.39. The van der Waals surface area contributed by atoms with Crippen LogP contribution < -0.4 is 14.8 Å². The van der Waals surface area contributed by atoms with Crippen molar-refractivity contribution in [3.63, 3.8) is 0 Å². The fourth-order valence-electron chi connectivity index (χ4n) is 3.06. The molecule has 0 spiro atoms. The van der Waals surface area contributed by atoms with Crippen molar-refractivity contribution in [1.82, 2.24) is 15.2 Å². The number of ether oxygens (including phenoxy) is 2. The minimum absolute atomic E-state index is 0.416. The molecule has 0 bridgehead atoms. The summed E-state index contributed by atoms with van der Waals surface area (Å²) < 4.78 is 11.6. The van der Waals surface area contributed by atoms with Gasteiger partial charge in [-0.05, 0) is 36.8 Å². The predicted octanol–water partition coefficient (Wildman–Crippen LogP) is 4.64. The number of thioether (sulfide) groups is 1. The molecule has 28 heavy (non-hydrogen) atoms. The minimum atomic E-state index is -0.416. The van der Waals surface area contributed by atoms with Gasteiger partial charge >= 0.3 is 0 Å². The lowest BCUT2D eigenvalue weighted by atomic mass is 10.1. The average molecular weight is 392 g/mol. The second-order valence-electron chi connectivity index (χ2n) is 6.26. The first kappa shape index (κ1) is 18.3. The highest BCUT2D eigenvalue weighted by molar-refractivity contribution is 7.99. The van der Waals surface area contributed by atoms with E-state index in [1.54, 1.807) is 13.2 Å². The van der Waals surface area contributed by atoms with Crippen LogP contribution in [0.5, 0.6) is 11.6 Å². The number of hydrogen-bond donors (Lipinski definition) is 1. The maximum atomic E-state index is 6.27. The average Bonchev–Trinajstić information content (AvgIpc) is 2.88. The first-order valence-electron chi connectivity index (χ1n) is 8.85. The number of anilines is 1. The molecule has 1 aliphatic rings. The van der Waals surface area contributed by atoms with Gasteiger partial charge in [0.1, 0.15) is 5.75 Å². The highest BCUT2D eigenvalue weighted by Crippen LogP contribution is 2.39. The summed E-state index contributed by atoms with van der Waals surface area (Å²) in [6, 6.07) is 13.9. The summed E-state index contributed by atoms with van der Waals surface area (Å²) in [7, 11) is 1.67. The van der Waals surface area contributed by atoms with Crippen molar-refractivity contribution in [2.24, 2.45) is 0 Å². The van der Waals surface area contributed by atoms with E-state index in [0.717, 1.165) is 28.1 Å². The Morgan fingerprint density at radius 1 is 1.25 bits per heavy atom. The molecule has 7 heteroatoms. The Bertz CT molecular complexity index is 1030. The monoisotopic (exact) mass is 392 g/mol. The molecular weight excluding hydrogens is 372 g/mol. The second kappa shape index (κ2) is 7.90. The van der Waals surface area contributed by atoms with E-state index in [1.165, 1.54) is 11.8 Å². The van der Waals surface area contributed by atoms with E-state index in [9.17, 15) is 0 Å². The molecule has 0 amide bonds. The smallest absolute Gasteiger partial charge is 0.247 e. The van der Waals surface area contributed by atoms with Gasteiger partial charge in [-0.15, -0.1) is 16.8 Å². The highest BCUT2D eigenvalue weighted by Gasteiger charge is 2.26. The summed E-state index contributed by atoms with van der Waals surface area (Å²) in [6.07, 6.45) is 1.39. The van der Waals surface area contributed by atoms with Gasteiger partial charge in [0.25, 0.3) is 0 Å². The van der Waals surface area contributed by atoms with Gasteiger partial charge in [0.15, 0.2) is 11.9 Å². The van der Waals surface area contributed by atoms with Crippen molar-refractivity contribution in [1.29, 1.82) is 0 Å². The maximum Gasteiger partial charge on any atom is 0.247 e. The lowest BCUT2D eigenvalue weighted by molar-refractivity contribution is 0.225. The largest absolute Gasteiger partial charge is 0.496 e. The number of hydrogen-bond acceptors (Lipinski definition) is 7. The van der Waals surface area contributed by atoms with E-state index in [2.05, 4.69) is 27.1 Å². The first-order chi connectivity index (χ1) is 13.7. The molecule has 0 fully saturated rings. The fourth-order valence-corrected chi connectivity index (χ4v) is 3.57. The molecule has 1 atom stereocenters. The maximum absolute atomic E-state index is 6.27. The standard InChI is InChI=1S/C21H20N4O2S/c1-4-11-28-21-23-20-18(24-25-21)15-7-5-6-8-16(15)22-19(27-20)14-9-10-17(26-3)13(2)12-14/h4-10,12,19,22H,1,11H2,2-3H3/t19-/m0/s1. The lowest BCUT2D eigenvalue weighted by Crippen LogP contribution is -2.17. The zero-order chi connectivity index (χ0) is 19.5. The van der Waals surface area contributed by atoms with Crippen LogP contribution in [-0.4, -0.2) is 28.0 Å². The summed E-state index contributed by atoms with van der Waals surface area (Å²) in [5, 5.41) is 12.6. The van der Waals surface area contributed by atoms with Crippen molar-refractivity contribution in [2.75, 3.05) is 18.2 Å². The highest BCUT2D eigenvalue weighted by atomic mass is 32.2. The van der Waals surface area contributed by atoms with Gasteiger partial charge < -0.3 is 14.8 Å². The van der Waals surface area contributed by atoms with Crippen LogP contribution in [0.2, 0.25) is 0 Å². The van der Waals surface area contributed by atoms with E-state index in [0.29, 0.717) is 22.5 Å². The van der Waals surface area contributed by atoms with E-state index >= 15 is 0 Å². The molecule has 1 aliphatic heterocycles. The summed E-state index contributed by atoms with van der Waals surface area (Å²) in [6.45, 7) is 5.74. The minimum Gasteiger partial charge on any atom is -0.496 e. The Hall–Kier alpha value is -3.06. The van der Waals surface area contributed by atoms with Crippen molar-refractivity contribution in [2.45, 2.75) is 18.3 Å². The molecule has 1 N–H and O–H groups in total. The summed E-state index contributed by atoms with van der Waals surface area (Å²) >= 11 is 1.47. The molecule has 0 saturated carbocycles. The van der Waals surface area contributed by atoms with Gasteiger partial charge in [0.2, 0.25) is 11.0 Å². The Balaban J connectivity index is 1.78. The number of benzene rings is 2. The third-order valence-corrected chi connectivity index (χ3v) is 5.22. The van der Waals surface area contributed by atoms with Crippen molar-refractivity contribution >= 4 is 17.4 Å². The van der Waals surface area contributed by atoms with Crippen LogP contribution in [0.4, 0.5) is 5.69 Å². The second-order valence-corrected chi connectivity index (χ2v) is 7.25. The van der Waals surface area contributed by atoms with Gasteiger partial charge in [-0.1, -0.05) is 36.0 Å². The zero-order valence-corrected chi connectivity index (χ0v) is 16.5. The van der Waals surface area contributed by atoms with Crippen molar-refractivity contribution in [3.05, 3.63) is 66.2 Å². The fraction of sp³-hybridized carbons (Fsp3) is 0.190. The zero-order valence-electron chi connectivity index (χ0n) is 15.7. The Kier molecular flexibility index (Phi) is 5.16. The molecule has 3 aromatic rings. The quantitative estimate of drug-likeness (QED) is 0.501. The van der Waals surface area contributed by atoms with Crippen LogP contribution >= 0.6 is 11.8 Å². The Labute approximate surface area is 168 Å². The number of nitrogens with one attached hydrogen (secondary N) is 1. The molecule has 0 aliphatic carbocycles. The van der Waals surface area contributed by atoms with E-state index in [-0.39, 0.29) is 0 Å². The topological polar surface area (TPSA) is 69.2 Å². The van der Waals surface area contributed by atoms with Gasteiger partial charge in [-0.25, -0.2) is 0 Å². The third kappa shape index (κ3) is 3.53. The molecule has 142 valence electrons. The number of rotatable bonds is 5. The molecular formula is C21H20N4O2S. The van der Waals surface area contributed by atoms with Gasteiger partial charge in [0.05, 0.1) is 7.11 Å². The summed E-state index contributed by atoms with van der Waals surface area (Å²) in [4.78, 5) is 4.60. The number of methoxy groups -OCH3 is 1. The molecule has 0 radical (unpaired) electrons. The van der Waals surface area contributed by atoms with Crippen LogP contribution in [0.3, 0.4) is 0 Å². The molecule has 2 heterocycles. The molecule has 4 rings (SSSR count).